The number of rotatable bonds is 6. The number of benzene rings is 1. The fourth-order valence-electron chi connectivity index (χ4n) is 6.52. The molecule has 1 amide bonds. The summed E-state index contributed by atoms with van der Waals surface area (Å²) in [6, 6.07) is 0.666. The Morgan fingerprint density at radius 2 is 1.92 bits per heavy atom. The second-order valence-corrected chi connectivity index (χ2v) is 11.6. The number of halogens is 1. The molecule has 5 rings (SSSR count). The van der Waals surface area contributed by atoms with Gasteiger partial charge in [-0.15, -0.1) is 0 Å². The highest BCUT2D eigenvalue weighted by Gasteiger charge is 2.63. The van der Waals surface area contributed by atoms with Crippen molar-refractivity contribution in [2.75, 3.05) is 14.1 Å². The molecule has 0 heterocycles. The number of aliphatic hydroxyl groups is 3. The van der Waals surface area contributed by atoms with Crippen LogP contribution in [-0.4, -0.2) is 74.6 Å². The van der Waals surface area contributed by atoms with Crippen LogP contribution in [0.5, 0.6) is 5.75 Å². The molecule has 4 aliphatic carbocycles. The van der Waals surface area contributed by atoms with E-state index in [2.05, 4.69) is 12.2 Å². The third-order valence-electron chi connectivity index (χ3n) is 8.67. The van der Waals surface area contributed by atoms with Crippen molar-refractivity contribution in [3.8, 4) is 5.75 Å². The first-order valence-corrected chi connectivity index (χ1v) is 13.1. The van der Waals surface area contributed by atoms with E-state index < -0.39 is 58.0 Å². The van der Waals surface area contributed by atoms with Crippen molar-refractivity contribution >= 4 is 29.1 Å². The molecule has 0 bridgehead atoms. The number of likely N-dealkylation sites (N-methyl/N-ethyl adjacent to an activating group) is 1. The summed E-state index contributed by atoms with van der Waals surface area (Å²) < 4.78 is 0. The van der Waals surface area contributed by atoms with Crippen molar-refractivity contribution in [3.63, 3.8) is 0 Å². The Bertz CT molecular complexity index is 1330. The normalized spacial score (nSPS) is 29.8. The van der Waals surface area contributed by atoms with Crippen molar-refractivity contribution in [2.24, 2.45) is 23.5 Å². The van der Waals surface area contributed by atoms with Gasteiger partial charge in [0, 0.05) is 29.1 Å². The van der Waals surface area contributed by atoms with Crippen LogP contribution in [-0.2, 0) is 22.6 Å². The lowest BCUT2D eigenvalue weighted by Crippen LogP contribution is -2.63. The number of Topliss-reactive ketones (excluding diaryl/α,β-unsaturated/α-hetero) is 2. The fourth-order valence-corrected chi connectivity index (χ4v) is 6.81. The SMILES string of the molecule is C[C@@H](NCc1cc(O)c2c(c1Cl)C[C@H]1C[C@H]3[C@H](N(C)C)C(O)=C(C(N)=O)C(=O)[C@@]3(O)C(O)=C1C2=O)C1CC1. The summed E-state index contributed by atoms with van der Waals surface area (Å²) in [5.41, 5.74) is 2.63. The van der Waals surface area contributed by atoms with Gasteiger partial charge in [-0.1, -0.05) is 11.6 Å². The maximum atomic E-state index is 13.7. The van der Waals surface area contributed by atoms with Gasteiger partial charge in [0.25, 0.3) is 5.91 Å². The minimum absolute atomic E-state index is 0.0179. The van der Waals surface area contributed by atoms with E-state index in [1.807, 2.05) is 0 Å². The molecule has 204 valence electrons. The van der Waals surface area contributed by atoms with Crippen LogP contribution in [0.1, 0.15) is 47.7 Å². The van der Waals surface area contributed by atoms with Gasteiger partial charge >= 0.3 is 0 Å². The molecule has 5 atom stereocenters. The van der Waals surface area contributed by atoms with Gasteiger partial charge in [-0.25, -0.2) is 0 Å². The van der Waals surface area contributed by atoms with Crippen LogP contribution >= 0.6 is 11.6 Å². The second kappa shape index (κ2) is 9.08. The van der Waals surface area contributed by atoms with Crippen LogP contribution in [0.15, 0.2) is 28.7 Å². The van der Waals surface area contributed by atoms with Crippen molar-refractivity contribution in [3.05, 3.63) is 50.4 Å². The number of allylic oxidation sites excluding steroid dienone is 1. The Morgan fingerprint density at radius 3 is 2.50 bits per heavy atom. The van der Waals surface area contributed by atoms with Gasteiger partial charge in [-0.3, -0.25) is 19.3 Å². The molecule has 1 aromatic rings. The second-order valence-electron chi connectivity index (χ2n) is 11.2. The zero-order valence-corrected chi connectivity index (χ0v) is 22.2. The van der Waals surface area contributed by atoms with Gasteiger partial charge in [0.05, 0.1) is 11.6 Å². The average molecular weight is 546 g/mol. The monoisotopic (exact) mass is 545 g/mol. The predicted molar refractivity (Wildman–Crippen MR) is 138 cm³/mol. The van der Waals surface area contributed by atoms with E-state index in [4.69, 9.17) is 17.3 Å². The number of nitrogens with one attached hydrogen (secondary N) is 1. The highest BCUT2D eigenvalue weighted by Crippen LogP contribution is 2.53. The number of hydrogen-bond acceptors (Lipinski definition) is 9. The molecular formula is C27H32ClN3O7. The Balaban J connectivity index is 1.60. The number of phenolic OH excluding ortho intramolecular Hbond substituents is 1. The third kappa shape index (κ3) is 3.77. The number of carbonyl (C=O) groups is 3. The molecule has 1 aromatic carbocycles. The minimum Gasteiger partial charge on any atom is -0.510 e. The Kier molecular flexibility index (Phi) is 6.38. The molecule has 1 saturated carbocycles. The summed E-state index contributed by atoms with van der Waals surface area (Å²) in [5, 5.41) is 48.4. The quantitative estimate of drug-likeness (QED) is 0.290. The third-order valence-corrected chi connectivity index (χ3v) is 9.15. The lowest BCUT2D eigenvalue weighted by atomic mass is 9.58. The highest BCUT2D eigenvalue weighted by atomic mass is 35.5. The highest BCUT2D eigenvalue weighted by molar-refractivity contribution is 6.33. The first kappa shape index (κ1) is 26.7. The number of nitrogens with two attached hydrogens (primary N) is 1. The van der Waals surface area contributed by atoms with Crippen LogP contribution in [0, 0.1) is 17.8 Å². The van der Waals surface area contributed by atoms with Gasteiger partial charge in [0.15, 0.2) is 11.4 Å². The molecule has 1 fully saturated rings. The van der Waals surface area contributed by atoms with Crippen molar-refractivity contribution in [1.82, 2.24) is 10.2 Å². The Labute approximate surface area is 224 Å². The Hall–Kier alpha value is -2.92. The lowest BCUT2D eigenvalue weighted by molar-refractivity contribution is -0.148. The van der Waals surface area contributed by atoms with E-state index >= 15 is 0 Å². The minimum atomic E-state index is -2.66. The number of fused-ring (bicyclic) bond motifs is 3. The van der Waals surface area contributed by atoms with Crippen molar-refractivity contribution < 1.29 is 34.8 Å². The van der Waals surface area contributed by atoms with Crippen molar-refractivity contribution in [2.45, 2.75) is 56.8 Å². The molecule has 11 heteroatoms. The van der Waals surface area contributed by atoms with Crippen LogP contribution in [0.2, 0.25) is 5.02 Å². The molecule has 7 N–H and O–H groups in total. The lowest BCUT2D eigenvalue weighted by Gasteiger charge is -2.50. The number of amides is 1. The molecule has 38 heavy (non-hydrogen) atoms. The Morgan fingerprint density at radius 1 is 1.26 bits per heavy atom. The molecule has 10 nitrogen and oxygen atoms in total. The summed E-state index contributed by atoms with van der Waals surface area (Å²) in [5.74, 6) is -6.20. The first-order chi connectivity index (χ1) is 17.8. The number of ketones is 2. The molecule has 0 aliphatic heterocycles. The number of aliphatic hydroxyl groups excluding tert-OH is 2. The number of nitrogens with zero attached hydrogens (tertiary/aromatic N) is 1. The summed E-state index contributed by atoms with van der Waals surface area (Å²) in [4.78, 5) is 40.6. The largest absolute Gasteiger partial charge is 0.510 e. The molecule has 0 spiro atoms. The standard InChI is InChI=1S/C27H32ClN3O7/c1-10(11-4-5-11)30-9-13-8-16(32)18-14(20(13)28)6-12-7-15-21(31(2)3)23(34)19(26(29)37)25(36)27(15,38)24(35)17(12)22(18)33/h8,10-12,15,21,30,32,34-35,38H,4-7,9H2,1-3H3,(H2,29,37)/t10-,12+,15+,21+,27+/m1/s1. The number of hydrogen-bond donors (Lipinski definition) is 6. The van der Waals surface area contributed by atoms with Crippen LogP contribution < -0.4 is 11.1 Å². The van der Waals surface area contributed by atoms with E-state index in [0.29, 0.717) is 28.6 Å². The van der Waals surface area contributed by atoms with Crippen LogP contribution in [0.25, 0.3) is 0 Å². The fraction of sp³-hybridized carbons (Fsp3) is 0.519. The van der Waals surface area contributed by atoms with E-state index in [9.17, 15) is 34.8 Å². The van der Waals surface area contributed by atoms with E-state index in [-0.39, 0.29) is 35.8 Å². The predicted octanol–water partition coefficient (Wildman–Crippen LogP) is 1.66. The average Bonchev–Trinajstić information content (AvgIpc) is 3.67. The van der Waals surface area contributed by atoms with Gasteiger partial charge in [0.2, 0.25) is 5.78 Å². The number of primary amides is 1. The molecule has 4 aliphatic rings. The maximum Gasteiger partial charge on any atom is 0.255 e. The topological polar surface area (TPSA) is 173 Å². The smallest absolute Gasteiger partial charge is 0.255 e. The summed E-state index contributed by atoms with van der Waals surface area (Å²) in [6.45, 7) is 2.49. The van der Waals surface area contributed by atoms with E-state index in [1.54, 1.807) is 14.1 Å². The number of aromatic hydroxyl groups is 1. The molecule has 0 unspecified atom stereocenters. The maximum absolute atomic E-state index is 13.7. The van der Waals surface area contributed by atoms with Gasteiger partial charge < -0.3 is 31.5 Å². The van der Waals surface area contributed by atoms with Gasteiger partial charge in [-0.05, 0) is 75.7 Å². The number of carbonyl (C=O) groups excluding carboxylic acids is 3. The first-order valence-electron chi connectivity index (χ1n) is 12.7. The summed E-state index contributed by atoms with van der Waals surface area (Å²) in [6.07, 6.45) is 2.51. The summed E-state index contributed by atoms with van der Waals surface area (Å²) >= 11 is 6.76. The molecule has 0 saturated heterocycles. The van der Waals surface area contributed by atoms with Crippen LogP contribution in [0.3, 0.4) is 0 Å². The molecule has 0 aromatic heterocycles. The zero-order chi connectivity index (χ0) is 27.8. The van der Waals surface area contributed by atoms with Crippen molar-refractivity contribution in [1.29, 1.82) is 0 Å². The molecule has 0 radical (unpaired) electrons. The van der Waals surface area contributed by atoms with Gasteiger partial charge in [0.1, 0.15) is 22.8 Å². The van der Waals surface area contributed by atoms with E-state index in [0.717, 1.165) is 0 Å². The molecular weight excluding hydrogens is 514 g/mol. The van der Waals surface area contributed by atoms with Gasteiger partial charge in [-0.2, -0.15) is 0 Å². The number of phenols is 1. The van der Waals surface area contributed by atoms with E-state index in [1.165, 1.54) is 23.8 Å². The zero-order valence-electron chi connectivity index (χ0n) is 21.4. The summed E-state index contributed by atoms with van der Waals surface area (Å²) in [7, 11) is 3.17. The van der Waals surface area contributed by atoms with Crippen LogP contribution in [0.4, 0.5) is 0 Å².